The van der Waals surface area contributed by atoms with Gasteiger partial charge in [0.15, 0.2) is 5.66 Å². The van der Waals surface area contributed by atoms with E-state index >= 15 is 0 Å². The molecular weight excluding hydrogens is 555 g/mol. The quantitative estimate of drug-likeness (QED) is 0.162. The Morgan fingerprint density at radius 2 is 1.94 bits per heavy atom. The van der Waals surface area contributed by atoms with E-state index in [1.165, 1.54) is 35.7 Å². The second-order valence-corrected chi connectivity index (χ2v) is 11.3. The summed E-state index contributed by atoms with van der Waals surface area (Å²) in [6, 6.07) is 8.70. The van der Waals surface area contributed by atoms with Gasteiger partial charge in [-0.3, -0.25) is 13.9 Å². The summed E-state index contributed by atoms with van der Waals surface area (Å²) in [7, 11) is -4.78. The van der Waals surface area contributed by atoms with Gasteiger partial charge >= 0.3 is 13.8 Å². The van der Waals surface area contributed by atoms with Gasteiger partial charge in [0.25, 0.3) is 0 Å². The Kier molecular flexibility index (Phi) is 9.52. The fourth-order valence-corrected chi connectivity index (χ4v) is 5.88. The van der Waals surface area contributed by atoms with E-state index in [0.29, 0.717) is 20.7 Å². The molecule has 192 valence electrons. The molecule has 0 aliphatic rings. The Balaban J connectivity index is 1.87. The van der Waals surface area contributed by atoms with Crippen molar-refractivity contribution < 1.29 is 37.4 Å². The number of rotatable bonds is 9. The number of benzene rings is 2. The molecule has 3 rings (SSSR count). The number of nitrogens with one attached hydrogen (secondary N) is 1. The van der Waals surface area contributed by atoms with Crippen LogP contribution in [0.5, 0.6) is 0 Å². The van der Waals surface area contributed by atoms with Crippen LogP contribution in [0, 0.1) is 5.82 Å². The van der Waals surface area contributed by atoms with E-state index in [-0.39, 0.29) is 10.6 Å². The summed E-state index contributed by atoms with van der Waals surface area (Å²) in [5, 5.41) is 4.95. The lowest BCUT2D eigenvalue weighted by molar-refractivity contribution is -0.120. The molecule has 2 aromatic carbocycles. The van der Waals surface area contributed by atoms with Gasteiger partial charge in [-0.2, -0.15) is 0 Å². The monoisotopic (exact) mass is 575 g/mol. The minimum Gasteiger partial charge on any atom is -0.432 e. The van der Waals surface area contributed by atoms with Crippen molar-refractivity contribution in [1.29, 1.82) is 0 Å². The van der Waals surface area contributed by atoms with Crippen molar-refractivity contribution in [3.05, 3.63) is 75.0 Å². The van der Waals surface area contributed by atoms with Crippen LogP contribution in [-0.4, -0.2) is 29.9 Å². The minimum absolute atomic E-state index is 0.157. The largest absolute Gasteiger partial charge is 0.510 e. The van der Waals surface area contributed by atoms with E-state index in [4.69, 9.17) is 32.5 Å². The number of carbonyl (C=O) groups is 2. The molecule has 0 fully saturated rings. The van der Waals surface area contributed by atoms with E-state index < -0.39 is 44.0 Å². The van der Waals surface area contributed by atoms with Crippen LogP contribution >= 0.6 is 42.1 Å². The van der Waals surface area contributed by atoms with Crippen LogP contribution in [-0.2, 0) is 23.4 Å². The van der Waals surface area contributed by atoms with Gasteiger partial charge in [0.1, 0.15) is 5.82 Å². The van der Waals surface area contributed by atoms with Crippen LogP contribution in [0.3, 0.4) is 0 Å². The van der Waals surface area contributed by atoms with Crippen LogP contribution in [0.1, 0.15) is 30.6 Å². The molecule has 1 amide bonds. The Hall–Kier alpha value is -2.46. The first-order chi connectivity index (χ1) is 17.0. The fourth-order valence-electron chi connectivity index (χ4n) is 3.12. The molecule has 0 saturated carbocycles. The Labute approximate surface area is 220 Å². The van der Waals surface area contributed by atoms with Gasteiger partial charge in [0, 0.05) is 20.9 Å². The zero-order valence-electron chi connectivity index (χ0n) is 18.9. The maximum absolute atomic E-state index is 13.6. The third-order valence-corrected chi connectivity index (χ3v) is 7.64. The maximum Gasteiger partial charge on any atom is 0.510 e. The van der Waals surface area contributed by atoms with Crippen molar-refractivity contribution in [1.82, 2.24) is 5.32 Å². The van der Waals surface area contributed by atoms with Crippen molar-refractivity contribution >= 4 is 70.4 Å². The zero-order valence-corrected chi connectivity index (χ0v) is 22.2. The highest BCUT2D eigenvalue weighted by Gasteiger charge is 2.41. The van der Waals surface area contributed by atoms with E-state index in [9.17, 15) is 23.4 Å². The normalized spacial score (nSPS) is 14.1. The molecule has 0 saturated heterocycles. The van der Waals surface area contributed by atoms with Crippen LogP contribution < -0.4 is 5.32 Å². The van der Waals surface area contributed by atoms with Gasteiger partial charge in [-0.05, 0) is 78.2 Å². The minimum atomic E-state index is -4.78. The second kappa shape index (κ2) is 12.2. The molecule has 8 nitrogen and oxygen atoms in total. The smallest absolute Gasteiger partial charge is 0.432 e. The Morgan fingerprint density at radius 3 is 2.64 bits per heavy atom. The molecule has 1 aromatic heterocycles. The second-order valence-electron chi connectivity index (χ2n) is 7.65. The number of amides is 1. The van der Waals surface area contributed by atoms with Gasteiger partial charge in [-0.25, -0.2) is 9.18 Å². The maximum atomic E-state index is 13.6. The number of fused-ring (bicyclic) bond motifs is 1. The zero-order chi connectivity index (χ0) is 26.5. The number of thiophene rings is 1. The van der Waals surface area contributed by atoms with Gasteiger partial charge in [0.2, 0.25) is 12.7 Å². The van der Waals surface area contributed by atoms with Crippen LogP contribution in [0.2, 0.25) is 10.0 Å². The highest BCUT2D eigenvalue weighted by Crippen LogP contribution is 2.58. The SMILES string of the molecule is CC(C)OC(=O)OCOP(=O)(O)C(C(=O)N/C=C/c1cc(F)cc(Cl)c1)c1csc2ccc(Cl)cc12. The van der Waals surface area contributed by atoms with Crippen LogP contribution in [0.4, 0.5) is 9.18 Å². The molecule has 0 spiro atoms. The van der Waals surface area contributed by atoms with Gasteiger partial charge < -0.3 is 19.7 Å². The van der Waals surface area contributed by atoms with Crippen molar-refractivity contribution in [2.75, 3.05) is 6.79 Å². The standard InChI is InChI=1S/C23H21Cl2FNO7PS/c1-13(2)34-23(29)32-12-33-35(30,31)21(19-11-36-20-4-3-15(24)10-18(19)20)22(28)27-6-5-14-7-16(25)9-17(26)8-14/h3-11,13,21H,12H2,1-2H3,(H,27,28)(H,30,31)/b6-5+. The average Bonchev–Trinajstić information content (AvgIpc) is 3.14. The Bertz CT molecular complexity index is 1330. The first-order valence-corrected chi connectivity index (χ1v) is 13.6. The first kappa shape index (κ1) is 28.1. The molecular formula is C23H21Cl2FNO7PS. The third-order valence-electron chi connectivity index (χ3n) is 4.57. The predicted molar refractivity (Wildman–Crippen MR) is 137 cm³/mol. The lowest BCUT2D eigenvalue weighted by Gasteiger charge is -2.21. The fraction of sp³-hybridized carbons (Fsp3) is 0.217. The summed E-state index contributed by atoms with van der Waals surface area (Å²) in [6.07, 6.45) is 0.966. The molecule has 0 bridgehead atoms. The molecule has 36 heavy (non-hydrogen) atoms. The number of hydrogen-bond donors (Lipinski definition) is 2. The van der Waals surface area contributed by atoms with Crippen molar-refractivity contribution in [2.24, 2.45) is 0 Å². The number of hydrogen-bond acceptors (Lipinski definition) is 7. The lowest BCUT2D eigenvalue weighted by atomic mass is 10.1. The molecule has 0 radical (unpaired) electrons. The van der Waals surface area contributed by atoms with Crippen LogP contribution in [0.25, 0.3) is 16.2 Å². The molecule has 0 aliphatic heterocycles. The summed E-state index contributed by atoms with van der Waals surface area (Å²) in [4.78, 5) is 35.5. The number of ether oxygens (including phenoxy) is 2. The molecule has 2 atom stereocenters. The van der Waals surface area contributed by atoms with E-state index in [0.717, 1.165) is 6.07 Å². The van der Waals surface area contributed by atoms with Gasteiger partial charge in [-0.1, -0.05) is 23.2 Å². The van der Waals surface area contributed by atoms with Crippen molar-refractivity contribution in [3.63, 3.8) is 0 Å². The van der Waals surface area contributed by atoms with E-state index in [1.54, 1.807) is 37.4 Å². The van der Waals surface area contributed by atoms with Gasteiger partial charge in [0.05, 0.1) is 6.10 Å². The molecule has 2 N–H and O–H groups in total. The van der Waals surface area contributed by atoms with E-state index in [2.05, 4.69) is 10.1 Å². The third kappa shape index (κ3) is 7.52. The molecule has 13 heteroatoms. The average molecular weight is 576 g/mol. The van der Waals surface area contributed by atoms with E-state index in [1.807, 2.05) is 0 Å². The summed E-state index contributed by atoms with van der Waals surface area (Å²) in [5.74, 6) is -1.47. The summed E-state index contributed by atoms with van der Waals surface area (Å²) < 4.78 is 41.9. The molecule has 3 aromatic rings. The van der Waals surface area contributed by atoms with Crippen molar-refractivity contribution in [2.45, 2.75) is 25.6 Å². The molecule has 2 unspecified atom stereocenters. The lowest BCUT2D eigenvalue weighted by Crippen LogP contribution is -2.26. The Morgan fingerprint density at radius 1 is 1.19 bits per heavy atom. The number of halogens is 3. The molecule has 1 heterocycles. The van der Waals surface area contributed by atoms with Crippen LogP contribution in [0.15, 0.2) is 48.0 Å². The number of carbonyl (C=O) groups excluding carboxylic acids is 2. The molecule has 0 aliphatic carbocycles. The summed E-state index contributed by atoms with van der Waals surface area (Å²) in [5.41, 5.74) is -1.17. The first-order valence-electron chi connectivity index (χ1n) is 10.4. The van der Waals surface area contributed by atoms with Crippen molar-refractivity contribution in [3.8, 4) is 0 Å². The highest BCUT2D eigenvalue weighted by molar-refractivity contribution is 7.54. The highest BCUT2D eigenvalue weighted by atomic mass is 35.5. The summed E-state index contributed by atoms with van der Waals surface area (Å²) >= 11 is 13.2. The topological polar surface area (TPSA) is 111 Å². The predicted octanol–water partition coefficient (Wildman–Crippen LogP) is 6.90. The summed E-state index contributed by atoms with van der Waals surface area (Å²) in [6.45, 7) is 2.26. The van der Waals surface area contributed by atoms with Gasteiger partial charge in [-0.15, -0.1) is 11.3 Å².